The number of aromatic nitrogens is 2. The molecular weight excluding hydrogens is 388 g/mol. The number of pyridine rings is 2. The zero-order chi connectivity index (χ0) is 22.3. The molecule has 2 heteroatoms. The Hall–Kier alpha value is -3.13. The summed E-state index contributed by atoms with van der Waals surface area (Å²) in [6, 6.07) is 18.9. The Balaban J connectivity index is 1.96. The van der Waals surface area contributed by atoms with E-state index in [-0.39, 0.29) is 0 Å². The van der Waals surface area contributed by atoms with Crippen molar-refractivity contribution in [3.63, 3.8) is 0 Å². The van der Waals surface area contributed by atoms with Crippen LogP contribution in [-0.4, -0.2) is 4.40 Å². The molecule has 0 saturated carbocycles. The second-order valence-electron chi connectivity index (χ2n) is 10.4. The molecule has 160 valence electrons. The van der Waals surface area contributed by atoms with Crippen molar-refractivity contribution in [2.75, 3.05) is 0 Å². The van der Waals surface area contributed by atoms with Gasteiger partial charge in [0.05, 0.1) is 27.3 Å². The van der Waals surface area contributed by atoms with Crippen LogP contribution in [0.1, 0.15) is 50.3 Å². The largest absolute Gasteiger partial charge is 0.307 e. The molecule has 3 heterocycles. The lowest BCUT2D eigenvalue weighted by molar-refractivity contribution is -0.643. The summed E-state index contributed by atoms with van der Waals surface area (Å²) in [4.78, 5) is 0. The zero-order valence-corrected chi connectivity index (χ0v) is 20.0. The molecule has 2 nitrogen and oxygen atoms in total. The highest BCUT2D eigenvalue weighted by molar-refractivity contribution is 6.25. The third kappa shape index (κ3) is 2.56. The van der Waals surface area contributed by atoms with Crippen molar-refractivity contribution < 1.29 is 4.57 Å². The Labute approximate surface area is 189 Å². The second-order valence-corrected chi connectivity index (χ2v) is 10.4. The zero-order valence-electron chi connectivity index (χ0n) is 20.0. The van der Waals surface area contributed by atoms with Crippen LogP contribution in [0, 0.1) is 12.8 Å². The smallest absolute Gasteiger partial charge is 0.224 e. The van der Waals surface area contributed by atoms with E-state index in [1.54, 1.807) is 0 Å². The van der Waals surface area contributed by atoms with Crippen molar-refractivity contribution in [3.8, 4) is 0 Å². The van der Waals surface area contributed by atoms with Crippen molar-refractivity contribution >= 4 is 49.0 Å². The molecule has 0 unspecified atom stereocenters. The highest BCUT2D eigenvalue weighted by Crippen LogP contribution is 2.41. The van der Waals surface area contributed by atoms with Gasteiger partial charge in [-0.15, -0.1) is 0 Å². The van der Waals surface area contributed by atoms with Gasteiger partial charge in [-0.05, 0) is 59.4 Å². The Bertz CT molecular complexity index is 1660. The van der Waals surface area contributed by atoms with Crippen LogP contribution in [0.2, 0.25) is 0 Å². The molecule has 0 amide bonds. The third-order valence-electron chi connectivity index (χ3n) is 7.23. The summed E-state index contributed by atoms with van der Waals surface area (Å²) in [7, 11) is 2.19. The monoisotopic (exact) mass is 419 g/mol. The van der Waals surface area contributed by atoms with Gasteiger partial charge in [0.1, 0.15) is 7.05 Å². The van der Waals surface area contributed by atoms with Crippen LogP contribution >= 0.6 is 0 Å². The number of aryl methyl sites for hydroxylation is 2. The van der Waals surface area contributed by atoms with Gasteiger partial charge in [-0.3, -0.25) is 0 Å². The maximum atomic E-state index is 2.57. The first-order valence-electron chi connectivity index (χ1n) is 11.9. The summed E-state index contributed by atoms with van der Waals surface area (Å²) < 4.78 is 4.88. The molecule has 0 spiro atoms. The Morgan fingerprint density at radius 2 is 1.62 bits per heavy atom. The highest BCUT2D eigenvalue weighted by Gasteiger charge is 2.24. The van der Waals surface area contributed by atoms with Gasteiger partial charge < -0.3 is 4.40 Å². The number of fused-ring (bicyclic) bond motifs is 5. The standard InChI is InChI=1S/C30H31N2/c1-17(2)13-20-8-10-23-24-9-7-19(5)27-29(24)32(25(23)14-20)26-16-22(18(3)4)15-21-11-12-31(6)30(27)28(21)26/h7-12,14-18H,13H2,1-6H3/q+1. The van der Waals surface area contributed by atoms with Crippen LogP contribution < -0.4 is 4.57 Å². The molecule has 0 N–H and O–H groups in total. The third-order valence-corrected chi connectivity index (χ3v) is 7.23. The normalized spacial score (nSPS) is 12.8. The average Bonchev–Trinajstić information content (AvgIpc) is 3.07. The Morgan fingerprint density at radius 3 is 2.38 bits per heavy atom. The van der Waals surface area contributed by atoms with E-state index in [1.807, 2.05) is 0 Å². The predicted octanol–water partition coefficient (Wildman–Crippen LogP) is 7.44. The Morgan fingerprint density at radius 1 is 0.844 bits per heavy atom. The van der Waals surface area contributed by atoms with Crippen LogP contribution in [0.4, 0.5) is 0 Å². The SMILES string of the molecule is Cc1ccc2c3ccc(CC(C)C)cc3n3c4cc(C(C)C)cc5cc[n+](C)c(c1c23)c54. The van der Waals surface area contributed by atoms with Gasteiger partial charge in [-0.1, -0.05) is 58.0 Å². The van der Waals surface area contributed by atoms with Crippen molar-refractivity contribution in [1.82, 2.24) is 4.40 Å². The number of hydrogen-bond acceptors (Lipinski definition) is 0. The first-order chi connectivity index (χ1) is 15.3. The molecule has 0 aliphatic carbocycles. The minimum Gasteiger partial charge on any atom is -0.307 e. The van der Waals surface area contributed by atoms with Crippen LogP contribution in [0.15, 0.2) is 54.7 Å². The number of rotatable bonds is 3. The van der Waals surface area contributed by atoms with E-state index in [4.69, 9.17) is 0 Å². The molecule has 0 radical (unpaired) electrons. The van der Waals surface area contributed by atoms with Gasteiger partial charge in [0.2, 0.25) is 5.52 Å². The second kappa shape index (κ2) is 6.68. The van der Waals surface area contributed by atoms with Crippen molar-refractivity contribution in [3.05, 3.63) is 71.4 Å². The van der Waals surface area contributed by atoms with Crippen molar-refractivity contribution in [2.24, 2.45) is 13.0 Å². The summed E-state index contributed by atoms with van der Waals surface area (Å²) in [6.45, 7) is 11.4. The summed E-state index contributed by atoms with van der Waals surface area (Å²) in [5.41, 5.74) is 9.53. The summed E-state index contributed by atoms with van der Waals surface area (Å²) in [6.07, 6.45) is 3.33. The lowest BCUT2D eigenvalue weighted by Crippen LogP contribution is -2.29. The quantitative estimate of drug-likeness (QED) is 0.160. The topological polar surface area (TPSA) is 8.29 Å². The molecule has 0 saturated heterocycles. The number of hydrogen-bond donors (Lipinski definition) is 0. The molecule has 0 aliphatic heterocycles. The fraction of sp³-hybridized carbons (Fsp3) is 0.300. The molecule has 0 fully saturated rings. The lowest BCUT2D eigenvalue weighted by Gasteiger charge is -2.15. The molecular formula is C30H31N2+. The number of benzene rings is 3. The van der Waals surface area contributed by atoms with Gasteiger partial charge in [-0.25, -0.2) is 4.57 Å². The van der Waals surface area contributed by atoms with Gasteiger partial charge in [0, 0.05) is 16.8 Å². The first-order valence-corrected chi connectivity index (χ1v) is 11.9. The van der Waals surface area contributed by atoms with Gasteiger partial charge in [0.25, 0.3) is 0 Å². The minimum atomic E-state index is 0.487. The summed E-state index contributed by atoms with van der Waals surface area (Å²) in [5, 5.41) is 6.79. The van der Waals surface area contributed by atoms with Gasteiger partial charge in [-0.2, -0.15) is 0 Å². The first kappa shape index (κ1) is 19.5. The molecule has 0 aliphatic rings. The predicted molar refractivity (Wildman–Crippen MR) is 137 cm³/mol. The molecule has 6 aromatic rings. The lowest BCUT2D eigenvalue weighted by atomic mass is 9.95. The molecule has 0 atom stereocenters. The van der Waals surface area contributed by atoms with E-state index in [2.05, 4.69) is 105 Å². The Kier molecular flexibility index (Phi) is 4.08. The van der Waals surface area contributed by atoms with E-state index in [9.17, 15) is 0 Å². The fourth-order valence-corrected chi connectivity index (χ4v) is 5.71. The van der Waals surface area contributed by atoms with Crippen molar-refractivity contribution in [1.29, 1.82) is 0 Å². The molecule has 3 aromatic heterocycles. The molecule has 32 heavy (non-hydrogen) atoms. The van der Waals surface area contributed by atoms with Crippen LogP contribution in [-0.2, 0) is 13.5 Å². The molecule has 3 aromatic carbocycles. The van der Waals surface area contributed by atoms with Crippen LogP contribution in [0.3, 0.4) is 0 Å². The van der Waals surface area contributed by atoms with Crippen molar-refractivity contribution in [2.45, 2.75) is 47.0 Å². The van der Waals surface area contributed by atoms with Crippen LogP contribution in [0.25, 0.3) is 49.0 Å². The number of nitrogens with zero attached hydrogens (tertiary/aromatic N) is 2. The molecule has 6 rings (SSSR count). The van der Waals surface area contributed by atoms with E-state index in [1.165, 1.54) is 65.7 Å². The maximum absolute atomic E-state index is 2.57. The summed E-state index contributed by atoms with van der Waals surface area (Å²) in [5.74, 6) is 1.13. The summed E-state index contributed by atoms with van der Waals surface area (Å²) >= 11 is 0. The minimum absolute atomic E-state index is 0.487. The van der Waals surface area contributed by atoms with E-state index in [0.717, 1.165) is 6.42 Å². The van der Waals surface area contributed by atoms with Crippen LogP contribution in [0.5, 0.6) is 0 Å². The fourth-order valence-electron chi connectivity index (χ4n) is 5.71. The van der Waals surface area contributed by atoms with Gasteiger partial charge in [0.15, 0.2) is 6.20 Å². The highest BCUT2D eigenvalue weighted by atomic mass is 15.0. The van der Waals surface area contributed by atoms with Gasteiger partial charge >= 0.3 is 0 Å². The maximum Gasteiger partial charge on any atom is 0.224 e. The van der Waals surface area contributed by atoms with E-state index < -0.39 is 0 Å². The van der Waals surface area contributed by atoms with E-state index in [0.29, 0.717) is 11.8 Å². The molecule has 0 bridgehead atoms. The average molecular weight is 420 g/mol. The van der Waals surface area contributed by atoms with E-state index >= 15 is 0 Å².